The Hall–Kier alpha value is -6.16. The van der Waals surface area contributed by atoms with E-state index in [-0.39, 0.29) is 35.4 Å². The molecular formula is C46H29NOS. The number of furan rings is 1. The van der Waals surface area contributed by atoms with Crippen LogP contribution in [0.1, 0.15) is 5.48 Å². The molecule has 10 aromatic rings. The van der Waals surface area contributed by atoms with Crippen molar-refractivity contribution in [3.05, 3.63) is 176 Å². The molecule has 0 atom stereocenters. The first-order chi connectivity index (χ1) is 26.0. The van der Waals surface area contributed by atoms with Gasteiger partial charge < -0.3 is 9.32 Å². The van der Waals surface area contributed by atoms with Gasteiger partial charge in [-0.1, -0.05) is 115 Å². The minimum atomic E-state index is -0.130. The third-order valence-electron chi connectivity index (χ3n) is 9.33. The molecule has 0 saturated heterocycles. The number of hydrogen-bond donors (Lipinski definition) is 0. The van der Waals surface area contributed by atoms with Gasteiger partial charge in [-0.2, -0.15) is 0 Å². The van der Waals surface area contributed by atoms with Crippen molar-refractivity contribution in [3.63, 3.8) is 0 Å². The summed E-state index contributed by atoms with van der Waals surface area (Å²) < 4.78 is 46.6. The van der Waals surface area contributed by atoms with Crippen molar-refractivity contribution in [2.45, 2.75) is 0 Å². The molecule has 2 nitrogen and oxygen atoms in total. The fraction of sp³-hybridized carbons (Fsp3) is 0. The minimum absolute atomic E-state index is 0.0992. The molecule has 2 aromatic heterocycles. The third-order valence-corrected chi connectivity index (χ3v) is 10.5. The summed E-state index contributed by atoms with van der Waals surface area (Å²) >= 11 is 1.77. The molecule has 2 heterocycles. The van der Waals surface area contributed by atoms with Gasteiger partial charge in [-0.15, -0.1) is 11.3 Å². The number of rotatable bonds is 5. The van der Waals surface area contributed by atoms with E-state index in [9.17, 15) is 5.48 Å². The summed E-state index contributed by atoms with van der Waals surface area (Å²) in [5.41, 5.74) is 5.97. The molecule has 0 spiro atoms. The molecule has 0 radical (unpaired) electrons. The average molecular weight is 648 g/mol. The van der Waals surface area contributed by atoms with Crippen LogP contribution in [0.4, 0.5) is 17.1 Å². The maximum Gasteiger partial charge on any atom is 0.137 e. The highest BCUT2D eigenvalue weighted by Gasteiger charge is 2.18. The zero-order valence-electron chi connectivity index (χ0n) is 30.2. The summed E-state index contributed by atoms with van der Waals surface area (Å²) in [6, 6.07) is 49.9. The predicted octanol–water partition coefficient (Wildman–Crippen LogP) is 13.9. The van der Waals surface area contributed by atoms with Crippen molar-refractivity contribution < 1.29 is 9.90 Å². The molecule has 8 aromatic carbocycles. The number of nitrogens with zero attached hydrogens (tertiary/aromatic N) is 1. The zero-order valence-corrected chi connectivity index (χ0v) is 27.0. The van der Waals surface area contributed by atoms with Crippen LogP contribution in [-0.2, 0) is 0 Å². The van der Waals surface area contributed by atoms with E-state index in [0.717, 1.165) is 38.3 Å². The third kappa shape index (κ3) is 4.62. The summed E-state index contributed by atoms with van der Waals surface area (Å²) in [4.78, 5) is 1.84. The van der Waals surface area contributed by atoms with Gasteiger partial charge >= 0.3 is 0 Å². The number of hydrogen-bond acceptors (Lipinski definition) is 3. The molecule has 230 valence electrons. The first-order valence-corrected chi connectivity index (χ1v) is 17.1. The summed E-state index contributed by atoms with van der Waals surface area (Å²) in [5, 5.41) is 6.19. The van der Waals surface area contributed by atoms with Crippen molar-refractivity contribution in [1.82, 2.24) is 0 Å². The SMILES string of the molecule is [2H]c1c([2H])c(N(c2cccc(-c3cccc4sc5ccccc5c34)c2)c2ccc3c(c2)oc2ccccc23)c([2H])c([2H])c1-c1cccc2ccccc12. The van der Waals surface area contributed by atoms with Crippen LogP contribution < -0.4 is 4.90 Å². The summed E-state index contributed by atoms with van der Waals surface area (Å²) in [5.74, 6) is 0. The molecule has 0 aliphatic carbocycles. The fourth-order valence-corrected chi connectivity index (χ4v) is 8.22. The number of benzene rings is 8. The lowest BCUT2D eigenvalue weighted by Gasteiger charge is -2.26. The molecule has 0 aliphatic heterocycles. The Balaban J connectivity index is 1.22. The van der Waals surface area contributed by atoms with Gasteiger partial charge in [-0.05, 0) is 87.6 Å². The second-order valence-corrected chi connectivity index (χ2v) is 13.3. The summed E-state index contributed by atoms with van der Waals surface area (Å²) in [6.45, 7) is 0. The molecule has 0 N–H and O–H groups in total. The molecule has 49 heavy (non-hydrogen) atoms. The van der Waals surface area contributed by atoms with E-state index in [0.29, 0.717) is 22.5 Å². The van der Waals surface area contributed by atoms with E-state index < -0.39 is 0 Å². The predicted molar refractivity (Wildman–Crippen MR) is 210 cm³/mol. The van der Waals surface area contributed by atoms with Crippen LogP contribution in [0.5, 0.6) is 0 Å². The van der Waals surface area contributed by atoms with E-state index in [1.54, 1.807) is 11.3 Å². The van der Waals surface area contributed by atoms with Crippen molar-refractivity contribution in [2.24, 2.45) is 0 Å². The maximum absolute atomic E-state index is 9.55. The van der Waals surface area contributed by atoms with Crippen molar-refractivity contribution >= 4 is 81.3 Å². The van der Waals surface area contributed by atoms with Gasteiger partial charge in [0.2, 0.25) is 0 Å². The highest BCUT2D eigenvalue weighted by Crippen LogP contribution is 2.43. The Morgan fingerprint density at radius 2 is 1.12 bits per heavy atom. The smallest absolute Gasteiger partial charge is 0.137 e. The average Bonchev–Trinajstić information content (AvgIpc) is 3.77. The van der Waals surface area contributed by atoms with Gasteiger partial charge in [-0.25, -0.2) is 0 Å². The van der Waals surface area contributed by atoms with Crippen LogP contribution in [0.2, 0.25) is 0 Å². The van der Waals surface area contributed by atoms with Gasteiger partial charge in [0.25, 0.3) is 0 Å². The first-order valence-electron chi connectivity index (χ1n) is 18.3. The molecule has 3 heteroatoms. The van der Waals surface area contributed by atoms with E-state index in [1.807, 2.05) is 102 Å². The Bertz CT molecular complexity index is 3060. The number of anilines is 3. The maximum atomic E-state index is 9.55. The van der Waals surface area contributed by atoms with Crippen LogP contribution in [0.15, 0.2) is 180 Å². The Morgan fingerprint density at radius 1 is 0.449 bits per heavy atom. The lowest BCUT2D eigenvalue weighted by molar-refractivity contribution is 0.669. The molecule has 0 unspecified atom stereocenters. The lowest BCUT2D eigenvalue weighted by atomic mass is 9.97. The largest absolute Gasteiger partial charge is 0.456 e. The normalized spacial score (nSPS) is 12.8. The zero-order chi connectivity index (χ0) is 35.8. The Kier molecular flexibility index (Phi) is 5.51. The van der Waals surface area contributed by atoms with E-state index in [1.165, 1.54) is 20.2 Å². The van der Waals surface area contributed by atoms with E-state index in [4.69, 9.17) is 4.42 Å². The Labute approximate surface area is 293 Å². The van der Waals surface area contributed by atoms with E-state index >= 15 is 0 Å². The monoisotopic (exact) mass is 647 g/mol. The number of para-hydroxylation sites is 1. The molecule has 0 fully saturated rings. The fourth-order valence-electron chi connectivity index (χ4n) is 7.08. The van der Waals surface area contributed by atoms with Gasteiger partial charge in [-0.3, -0.25) is 0 Å². The number of fused-ring (bicyclic) bond motifs is 7. The second-order valence-electron chi connectivity index (χ2n) is 12.2. The van der Waals surface area contributed by atoms with Crippen LogP contribution in [-0.4, -0.2) is 0 Å². The lowest BCUT2D eigenvalue weighted by Crippen LogP contribution is -2.10. The molecule has 0 bridgehead atoms. The van der Waals surface area contributed by atoms with Gasteiger partial charge in [0.05, 0.1) is 5.48 Å². The standard InChI is InChI=1S/C46H29NOS/c1-2-14-36-30(10-1)11-8-17-37(36)31-22-24-33(25-23-31)47(35-26-27-40-39-15-3-5-19-42(39)48-43(40)29-35)34-13-7-12-32(28-34)38-18-9-21-45-46(38)41-16-4-6-20-44(41)49-45/h1-29H/i22D,23D,24D,25D. The minimum Gasteiger partial charge on any atom is -0.456 e. The van der Waals surface area contributed by atoms with Gasteiger partial charge in [0.15, 0.2) is 0 Å². The quantitative estimate of drug-likeness (QED) is 0.185. The highest BCUT2D eigenvalue weighted by molar-refractivity contribution is 7.25. The van der Waals surface area contributed by atoms with E-state index in [2.05, 4.69) is 54.6 Å². The topological polar surface area (TPSA) is 16.4 Å². The van der Waals surface area contributed by atoms with Gasteiger partial charge in [0.1, 0.15) is 11.2 Å². The van der Waals surface area contributed by atoms with Crippen molar-refractivity contribution in [3.8, 4) is 22.3 Å². The van der Waals surface area contributed by atoms with Crippen LogP contribution in [0, 0.1) is 0 Å². The van der Waals surface area contributed by atoms with Crippen LogP contribution in [0.3, 0.4) is 0 Å². The molecule has 0 amide bonds. The highest BCUT2D eigenvalue weighted by atomic mass is 32.1. The Morgan fingerprint density at radius 3 is 2.04 bits per heavy atom. The van der Waals surface area contributed by atoms with Gasteiger partial charge in [0, 0.05) is 54.1 Å². The molecule has 0 saturated carbocycles. The molecule has 0 aliphatic rings. The number of thiophene rings is 1. The van der Waals surface area contributed by atoms with Crippen LogP contribution >= 0.6 is 11.3 Å². The summed E-state index contributed by atoms with van der Waals surface area (Å²) in [6.07, 6.45) is 0. The van der Waals surface area contributed by atoms with Crippen molar-refractivity contribution in [2.75, 3.05) is 4.90 Å². The first kappa shape index (κ1) is 24.1. The van der Waals surface area contributed by atoms with Crippen molar-refractivity contribution in [1.29, 1.82) is 0 Å². The second kappa shape index (κ2) is 11.2. The molecule has 10 rings (SSSR count). The van der Waals surface area contributed by atoms with Crippen LogP contribution in [0.25, 0.3) is 75.1 Å². The summed E-state index contributed by atoms with van der Waals surface area (Å²) in [7, 11) is 0. The molecular weight excluding hydrogens is 615 g/mol.